The van der Waals surface area contributed by atoms with Crippen LogP contribution in [0.15, 0.2) is 24.4 Å². The first-order chi connectivity index (χ1) is 8.12. The summed E-state index contributed by atoms with van der Waals surface area (Å²) in [6.45, 7) is 10.3. The van der Waals surface area contributed by atoms with Crippen molar-refractivity contribution in [1.82, 2.24) is 4.57 Å². The first-order valence-corrected chi connectivity index (χ1v) is 8.86. The van der Waals surface area contributed by atoms with Gasteiger partial charge in [0.15, 0.2) is 0 Å². The first kappa shape index (κ1) is 13.4. The molecule has 0 unspecified atom stereocenters. The van der Waals surface area contributed by atoms with Crippen LogP contribution in [0.4, 0.5) is 0 Å². The van der Waals surface area contributed by atoms with E-state index in [1.165, 1.54) is 10.9 Å². The van der Waals surface area contributed by atoms with Crippen molar-refractivity contribution >= 4 is 23.3 Å². The van der Waals surface area contributed by atoms with Crippen LogP contribution in [0.5, 0.6) is 0 Å². The molecule has 3 heteroatoms. The molecule has 1 heterocycles. The smallest absolute Gasteiger partial charge is 0.111 e. The quantitative estimate of drug-likeness (QED) is 0.719. The minimum atomic E-state index is -2.25. The zero-order valence-corrected chi connectivity index (χ0v) is 13.0. The van der Waals surface area contributed by atoms with E-state index in [0.29, 0.717) is 0 Å². The van der Waals surface area contributed by atoms with Crippen molar-refractivity contribution in [3.63, 3.8) is 0 Å². The Morgan fingerprint density at radius 2 is 1.78 bits per heavy atom. The lowest BCUT2D eigenvalue weighted by Gasteiger charge is -2.17. The average molecular weight is 263 g/mol. The molecule has 2 nitrogen and oxygen atoms in total. The van der Waals surface area contributed by atoms with Gasteiger partial charge in [0, 0.05) is 23.9 Å². The Labute approximate surface area is 109 Å². The normalized spacial score (nSPS) is 13.2. The van der Waals surface area contributed by atoms with Gasteiger partial charge in [-0.3, -0.25) is 0 Å². The van der Waals surface area contributed by atoms with E-state index in [1.54, 1.807) is 0 Å². The molecule has 0 aliphatic heterocycles. The van der Waals surface area contributed by atoms with E-state index in [-0.39, 0.29) is 5.41 Å². The van der Waals surface area contributed by atoms with Crippen molar-refractivity contribution in [3.05, 3.63) is 30.0 Å². The summed E-state index contributed by atoms with van der Waals surface area (Å²) in [5.41, 5.74) is 2.54. The van der Waals surface area contributed by atoms with Crippen molar-refractivity contribution in [2.24, 2.45) is 7.05 Å². The number of aromatic nitrogens is 1. The summed E-state index contributed by atoms with van der Waals surface area (Å²) in [4.78, 5) is 0. The maximum atomic E-state index is 12.4. The molecule has 0 saturated heterocycles. The second-order valence-electron chi connectivity index (χ2n) is 6.43. The monoisotopic (exact) mass is 263 g/mol. The molecule has 0 amide bonds. The van der Waals surface area contributed by atoms with Crippen LogP contribution in [0.2, 0.25) is 0 Å². The molecule has 0 bridgehead atoms. The summed E-state index contributed by atoms with van der Waals surface area (Å²) in [7, 11) is -0.212. The summed E-state index contributed by atoms with van der Waals surface area (Å²) in [5, 5.41) is 2.21. The number of nitrogens with zero attached hydrogens (tertiary/aromatic N) is 1. The molecule has 0 aliphatic carbocycles. The van der Waals surface area contributed by atoms with Crippen LogP contribution in [0, 0.1) is 0 Å². The molecule has 0 N–H and O–H groups in total. The highest BCUT2D eigenvalue weighted by molar-refractivity contribution is 7.70. The van der Waals surface area contributed by atoms with Crippen LogP contribution in [0.25, 0.3) is 10.9 Å². The van der Waals surface area contributed by atoms with Gasteiger partial charge in [0.1, 0.15) is 7.14 Å². The highest BCUT2D eigenvalue weighted by Crippen LogP contribution is 2.40. The van der Waals surface area contributed by atoms with Crippen molar-refractivity contribution < 1.29 is 4.57 Å². The minimum absolute atomic E-state index is 0.101. The van der Waals surface area contributed by atoms with Crippen LogP contribution in [-0.4, -0.2) is 17.9 Å². The van der Waals surface area contributed by atoms with Crippen molar-refractivity contribution in [2.75, 3.05) is 13.3 Å². The highest BCUT2D eigenvalue weighted by atomic mass is 31.2. The van der Waals surface area contributed by atoms with Crippen LogP contribution in [0.1, 0.15) is 26.3 Å². The number of hydrogen-bond donors (Lipinski definition) is 0. The molecule has 2 aromatic rings. The zero-order valence-electron chi connectivity index (χ0n) is 12.1. The van der Waals surface area contributed by atoms with Gasteiger partial charge >= 0.3 is 0 Å². The fourth-order valence-corrected chi connectivity index (χ4v) is 3.71. The van der Waals surface area contributed by atoms with Crippen molar-refractivity contribution in [1.29, 1.82) is 0 Å². The van der Waals surface area contributed by atoms with Crippen LogP contribution >= 0.6 is 7.14 Å². The molecule has 0 saturated carbocycles. The molecule has 1 aromatic carbocycles. The van der Waals surface area contributed by atoms with Gasteiger partial charge in [-0.05, 0) is 30.4 Å². The highest BCUT2D eigenvalue weighted by Gasteiger charge is 2.23. The van der Waals surface area contributed by atoms with Gasteiger partial charge in [0.25, 0.3) is 0 Å². The van der Waals surface area contributed by atoms with E-state index in [0.717, 1.165) is 10.8 Å². The summed E-state index contributed by atoms with van der Waals surface area (Å²) in [6.07, 6.45) is 2.17. The first-order valence-electron chi connectivity index (χ1n) is 6.26. The molecule has 0 spiro atoms. The topological polar surface area (TPSA) is 22.0 Å². The van der Waals surface area contributed by atoms with E-state index >= 15 is 0 Å². The molecule has 0 radical (unpaired) electrons. The van der Waals surface area contributed by atoms with Crippen LogP contribution < -0.4 is 5.30 Å². The van der Waals surface area contributed by atoms with Crippen molar-refractivity contribution in [2.45, 2.75) is 26.2 Å². The predicted molar refractivity (Wildman–Crippen MR) is 80.7 cm³/mol. The molecule has 0 atom stereocenters. The Bertz CT molecular complexity index is 640. The summed E-state index contributed by atoms with van der Waals surface area (Å²) in [5.74, 6) is 0. The molecule has 0 aliphatic rings. The molecule has 0 fully saturated rings. The van der Waals surface area contributed by atoms with Crippen molar-refractivity contribution in [3.8, 4) is 0 Å². The van der Waals surface area contributed by atoms with Crippen LogP contribution in [-0.2, 0) is 17.0 Å². The standard InChI is InChI=1S/C15H22NOP/c1-15(2,3)12-10-16(4)14-11(12)8-7-9-13(14)18(5,6)17/h7-10H,1-6H3. The number of benzene rings is 1. The van der Waals surface area contributed by atoms with Crippen LogP contribution in [0.3, 0.4) is 0 Å². The van der Waals surface area contributed by atoms with E-state index in [1.807, 2.05) is 32.5 Å². The predicted octanol–water partition coefficient (Wildman–Crippen LogP) is 3.72. The second kappa shape index (κ2) is 3.99. The van der Waals surface area contributed by atoms with Gasteiger partial charge in [0.2, 0.25) is 0 Å². The third kappa shape index (κ3) is 2.14. The number of rotatable bonds is 1. The molecule has 98 valence electrons. The summed E-state index contributed by atoms with van der Waals surface area (Å²) < 4.78 is 14.5. The molecule has 2 rings (SSSR count). The summed E-state index contributed by atoms with van der Waals surface area (Å²) >= 11 is 0. The number of fused-ring (bicyclic) bond motifs is 1. The van der Waals surface area contributed by atoms with Gasteiger partial charge in [-0.15, -0.1) is 0 Å². The Balaban J connectivity index is 2.89. The third-order valence-corrected chi connectivity index (χ3v) is 4.89. The largest absolute Gasteiger partial charge is 0.350 e. The lowest BCUT2D eigenvalue weighted by Crippen LogP contribution is -2.10. The lowest BCUT2D eigenvalue weighted by molar-refractivity contribution is 0.588. The Morgan fingerprint density at radius 3 is 2.28 bits per heavy atom. The van der Waals surface area contributed by atoms with E-state index in [2.05, 4.69) is 37.6 Å². The average Bonchev–Trinajstić information content (AvgIpc) is 2.54. The fourth-order valence-electron chi connectivity index (χ4n) is 2.48. The van der Waals surface area contributed by atoms with Gasteiger partial charge in [0.05, 0.1) is 5.52 Å². The van der Waals surface area contributed by atoms with Gasteiger partial charge in [-0.2, -0.15) is 0 Å². The molecular weight excluding hydrogens is 241 g/mol. The number of aryl methyl sites for hydroxylation is 1. The Morgan fingerprint density at radius 1 is 1.17 bits per heavy atom. The van der Waals surface area contributed by atoms with Gasteiger partial charge in [-0.1, -0.05) is 32.9 Å². The maximum Gasteiger partial charge on any atom is 0.111 e. The summed E-state index contributed by atoms with van der Waals surface area (Å²) in [6, 6.07) is 6.15. The minimum Gasteiger partial charge on any atom is -0.350 e. The van der Waals surface area contributed by atoms with Gasteiger partial charge < -0.3 is 9.13 Å². The Hall–Kier alpha value is -1.01. The third-order valence-electron chi connectivity index (χ3n) is 3.37. The zero-order chi connectivity index (χ0) is 13.7. The number of para-hydroxylation sites is 1. The van der Waals surface area contributed by atoms with Gasteiger partial charge in [-0.25, -0.2) is 0 Å². The van der Waals surface area contributed by atoms with E-state index in [9.17, 15) is 4.57 Å². The van der Waals surface area contributed by atoms with E-state index in [4.69, 9.17) is 0 Å². The fraction of sp³-hybridized carbons (Fsp3) is 0.467. The molecule has 1 aromatic heterocycles. The Kier molecular flexibility index (Phi) is 2.98. The van der Waals surface area contributed by atoms with E-state index < -0.39 is 7.14 Å². The molecule has 18 heavy (non-hydrogen) atoms. The second-order valence-corrected chi connectivity index (χ2v) is 9.61. The SMILES string of the molecule is Cn1cc(C(C)(C)C)c2cccc(P(C)(C)=O)c21. The molecular formula is C15H22NOP. The number of hydrogen-bond acceptors (Lipinski definition) is 1. The lowest BCUT2D eigenvalue weighted by atomic mass is 9.87. The maximum absolute atomic E-state index is 12.4.